The van der Waals surface area contributed by atoms with Gasteiger partial charge in [-0.15, -0.1) is 13.2 Å². The van der Waals surface area contributed by atoms with Gasteiger partial charge in [-0.2, -0.15) is 0 Å². The lowest BCUT2D eigenvalue weighted by Crippen LogP contribution is -1.84. The van der Waals surface area contributed by atoms with Crippen molar-refractivity contribution in [3.8, 4) is 5.75 Å². The lowest BCUT2D eigenvalue weighted by atomic mass is 10.1. The summed E-state index contributed by atoms with van der Waals surface area (Å²) in [5.41, 5.74) is 0. The summed E-state index contributed by atoms with van der Waals surface area (Å²) < 4.78 is 4.83. The molecule has 0 fully saturated rings. The predicted molar refractivity (Wildman–Crippen MR) is 79.0 cm³/mol. The van der Waals surface area contributed by atoms with Crippen molar-refractivity contribution in [3.05, 3.63) is 55.6 Å². The third kappa shape index (κ3) is 6.06. The minimum absolute atomic E-state index is 0.323. The second kappa shape index (κ2) is 10.4. The molecule has 2 aromatic carbocycles. The van der Waals surface area contributed by atoms with Crippen molar-refractivity contribution in [1.82, 2.24) is 0 Å². The van der Waals surface area contributed by atoms with E-state index < -0.39 is 0 Å². The Bertz CT molecular complexity index is 436. The van der Waals surface area contributed by atoms with E-state index in [-0.39, 0.29) is 0 Å². The molecule has 0 atom stereocenters. The van der Waals surface area contributed by atoms with E-state index in [9.17, 15) is 0 Å². The smallest absolute Gasteiger partial charge is 0.116 e. The van der Waals surface area contributed by atoms with Crippen molar-refractivity contribution < 1.29 is 9.84 Å². The third-order valence-electron chi connectivity index (χ3n) is 2.14. The van der Waals surface area contributed by atoms with E-state index in [4.69, 9.17) is 9.84 Å². The summed E-state index contributed by atoms with van der Waals surface area (Å²) >= 11 is 0. The zero-order valence-electron chi connectivity index (χ0n) is 11.2. The Kier molecular flexibility index (Phi) is 9.32. The molecule has 2 rings (SSSR count). The number of phenols is 1. The molecule has 98 valence electrons. The molecule has 0 bridgehead atoms. The minimum Gasteiger partial charge on any atom is -0.508 e. The summed E-state index contributed by atoms with van der Waals surface area (Å²) in [7, 11) is 0. The van der Waals surface area contributed by atoms with Gasteiger partial charge in [-0.05, 0) is 36.8 Å². The van der Waals surface area contributed by atoms with Gasteiger partial charge in [-0.1, -0.05) is 30.3 Å². The van der Waals surface area contributed by atoms with Crippen molar-refractivity contribution in [1.29, 1.82) is 0 Å². The highest BCUT2D eigenvalue weighted by Crippen LogP contribution is 2.18. The topological polar surface area (TPSA) is 29.5 Å². The van der Waals surface area contributed by atoms with E-state index in [1.54, 1.807) is 12.1 Å². The van der Waals surface area contributed by atoms with Crippen LogP contribution in [-0.2, 0) is 4.74 Å². The summed E-state index contributed by atoms with van der Waals surface area (Å²) in [5.74, 6) is 0.323. The highest BCUT2D eigenvalue weighted by atomic mass is 16.5. The fraction of sp³-hybridized carbons (Fsp3) is 0.250. The standard InChI is InChI=1S/C10H8O.C4H10O.C2H4/c11-10-6-5-8-3-1-2-4-9(8)7-10;1-3-5-4-2;1-2/h1-7,11H;3-4H2,1-2H3;1-2H2. The molecule has 18 heavy (non-hydrogen) atoms. The Balaban J connectivity index is 0.000000354. The largest absolute Gasteiger partial charge is 0.508 e. The molecule has 0 spiro atoms. The van der Waals surface area contributed by atoms with Gasteiger partial charge in [0, 0.05) is 13.2 Å². The van der Waals surface area contributed by atoms with Gasteiger partial charge in [0.1, 0.15) is 5.75 Å². The summed E-state index contributed by atoms with van der Waals surface area (Å²) in [5, 5.41) is 11.4. The zero-order chi connectivity index (χ0) is 13.8. The number of rotatable bonds is 2. The van der Waals surface area contributed by atoms with E-state index in [1.165, 1.54) is 0 Å². The molecular weight excluding hydrogens is 224 g/mol. The van der Waals surface area contributed by atoms with Crippen LogP contribution in [0.3, 0.4) is 0 Å². The van der Waals surface area contributed by atoms with Gasteiger partial charge in [0.25, 0.3) is 0 Å². The zero-order valence-corrected chi connectivity index (χ0v) is 11.2. The first-order valence-electron chi connectivity index (χ1n) is 6.03. The molecule has 2 aromatic rings. The van der Waals surface area contributed by atoms with Gasteiger partial charge in [0.2, 0.25) is 0 Å². The first-order valence-corrected chi connectivity index (χ1v) is 6.03. The molecule has 0 amide bonds. The van der Waals surface area contributed by atoms with Crippen LogP contribution >= 0.6 is 0 Å². The molecule has 0 radical (unpaired) electrons. The number of hydrogen-bond acceptors (Lipinski definition) is 2. The quantitative estimate of drug-likeness (QED) is 0.796. The third-order valence-corrected chi connectivity index (χ3v) is 2.14. The number of fused-ring (bicyclic) bond motifs is 1. The van der Waals surface area contributed by atoms with E-state index in [1.807, 2.05) is 44.2 Å². The summed E-state index contributed by atoms with van der Waals surface area (Å²) in [6.07, 6.45) is 0. The molecule has 1 N–H and O–H groups in total. The maximum atomic E-state index is 9.13. The van der Waals surface area contributed by atoms with Crippen LogP contribution in [0.4, 0.5) is 0 Å². The van der Waals surface area contributed by atoms with E-state index >= 15 is 0 Å². The Hall–Kier alpha value is -1.80. The van der Waals surface area contributed by atoms with Crippen LogP contribution in [0, 0.1) is 0 Å². The van der Waals surface area contributed by atoms with Gasteiger partial charge in [0.05, 0.1) is 0 Å². The normalized spacial score (nSPS) is 8.78. The second-order valence-corrected chi connectivity index (χ2v) is 3.31. The van der Waals surface area contributed by atoms with E-state index in [2.05, 4.69) is 13.2 Å². The van der Waals surface area contributed by atoms with Crippen LogP contribution in [-0.4, -0.2) is 18.3 Å². The van der Waals surface area contributed by atoms with Crippen molar-refractivity contribution in [2.24, 2.45) is 0 Å². The van der Waals surface area contributed by atoms with Crippen LogP contribution in [0.25, 0.3) is 10.8 Å². The molecule has 0 aromatic heterocycles. The number of aromatic hydroxyl groups is 1. The average Bonchev–Trinajstić information content (AvgIpc) is 2.42. The molecule has 2 nitrogen and oxygen atoms in total. The average molecular weight is 246 g/mol. The fourth-order valence-electron chi connectivity index (χ4n) is 1.38. The van der Waals surface area contributed by atoms with Crippen molar-refractivity contribution in [2.75, 3.05) is 13.2 Å². The lowest BCUT2D eigenvalue weighted by Gasteiger charge is -1.96. The highest BCUT2D eigenvalue weighted by Gasteiger charge is 1.91. The summed E-state index contributed by atoms with van der Waals surface area (Å²) in [6.45, 7) is 11.7. The van der Waals surface area contributed by atoms with Crippen molar-refractivity contribution >= 4 is 10.8 Å². The Labute approximate surface area is 110 Å². The molecule has 0 saturated carbocycles. The highest BCUT2D eigenvalue weighted by molar-refractivity contribution is 5.83. The molecule has 0 heterocycles. The van der Waals surface area contributed by atoms with Crippen LogP contribution < -0.4 is 0 Å². The molecule has 2 heteroatoms. The van der Waals surface area contributed by atoms with Crippen molar-refractivity contribution in [3.63, 3.8) is 0 Å². The molecule has 0 saturated heterocycles. The van der Waals surface area contributed by atoms with Crippen LogP contribution in [0.1, 0.15) is 13.8 Å². The predicted octanol–water partition coefficient (Wildman–Crippen LogP) is 4.39. The van der Waals surface area contributed by atoms with E-state index in [0.29, 0.717) is 5.75 Å². The molecule has 0 aliphatic heterocycles. The van der Waals surface area contributed by atoms with Gasteiger partial charge in [0.15, 0.2) is 0 Å². The number of benzene rings is 2. The lowest BCUT2D eigenvalue weighted by molar-refractivity contribution is 0.162. The molecule has 0 unspecified atom stereocenters. The maximum Gasteiger partial charge on any atom is 0.116 e. The number of hydrogen-bond donors (Lipinski definition) is 1. The second-order valence-electron chi connectivity index (χ2n) is 3.31. The van der Waals surface area contributed by atoms with Gasteiger partial charge < -0.3 is 9.84 Å². The number of ether oxygens (including phenoxy) is 1. The number of phenolic OH excluding ortho intramolecular Hbond substituents is 1. The molecule has 0 aliphatic rings. The van der Waals surface area contributed by atoms with Crippen molar-refractivity contribution in [2.45, 2.75) is 13.8 Å². The maximum absolute atomic E-state index is 9.13. The van der Waals surface area contributed by atoms with Crippen LogP contribution in [0.15, 0.2) is 55.6 Å². The first-order chi connectivity index (χ1) is 8.77. The van der Waals surface area contributed by atoms with E-state index in [0.717, 1.165) is 24.0 Å². The Morgan fingerprint density at radius 1 is 0.944 bits per heavy atom. The minimum atomic E-state index is 0.323. The summed E-state index contributed by atoms with van der Waals surface area (Å²) in [4.78, 5) is 0. The monoisotopic (exact) mass is 246 g/mol. The van der Waals surface area contributed by atoms with Gasteiger partial charge in [-0.3, -0.25) is 0 Å². The SMILES string of the molecule is C=C.CCOCC.Oc1ccc2ccccc2c1. The fourth-order valence-corrected chi connectivity index (χ4v) is 1.38. The molecular formula is C16H22O2. The Morgan fingerprint density at radius 2 is 1.50 bits per heavy atom. The first kappa shape index (κ1) is 16.2. The van der Waals surface area contributed by atoms with Gasteiger partial charge in [-0.25, -0.2) is 0 Å². The van der Waals surface area contributed by atoms with Gasteiger partial charge >= 0.3 is 0 Å². The van der Waals surface area contributed by atoms with Crippen LogP contribution in [0.2, 0.25) is 0 Å². The molecule has 0 aliphatic carbocycles. The summed E-state index contributed by atoms with van der Waals surface area (Å²) in [6, 6.07) is 13.3. The Morgan fingerprint density at radius 3 is 2.00 bits per heavy atom. The van der Waals surface area contributed by atoms with Crippen LogP contribution in [0.5, 0.6) is 5.75 Å².